The molecule has 0 aliphatic heterocycles. The number of fused-ring (bicyclic) bond motifs is 1. The third-order valence-electron chi connectivity index (χ3n) is 4.05. The van der Waals surface area contributed by atoms with Crippen LogP contribution in [0.25, 0.3) is 10.8 Å². The molecule has 1 unspecified atom stereocenters. The van der Waals surface area contributed by atoms with Gasteiger partial charge in [0.15, 0.2) is 0 Å². The summed E-state index contributed by atoms with van der Waals surface area (Å²) in [6, 6.07) is 10.6. The number of esters is 1. The summed E-state index contributed by atoms with van der Waals surface area (Å²) in [6.45, 7) is 2.08. The largest absolute Gasteiger partial charge is 0.467 e. The van der Waals surface area contributed by atoms with Crippen LogP contribution in [0, 0.1) is 0 Å². The molecule has 5 nitrogen and oxygen atoms in total. The number of hydrogen-bond donors (Lipinski definition) is 2. The molecule has 0 radical (unpaired) electrons. The van der Waals surface area contributed by atoms with Crippen molar-refractivity contribution in [3.8, 4) is 0 Å². The van der Waals surface area contributed by atoms with Gasteiger partial charge in [-0.2, -0.15) is 0 Å². The quantitative estimate of drug-likeness (QED) is 0.464. The van der Waals surface area contributed by atoms with E-state index in [1.54, 1.807) is 12.1 Å². The van der Waals surface area contributed by atoms with Crippen molar-refractivity contribution >= 4 is 28.3 Å². The van der Waals surface area contributed by atoms with Crippen molar-refractivity contribution in [2.75, 3.05) is 12.8 Å². The van der Waals surface area contributed by atoms with Gasteiger partial charge in [-0.15, -0.1) is 0 Å². The molecule has 0 heterocycles. The van der Waals surface area contributed by atoms with Gasteiger partial charge in [0, 0.05) is 5.69 Å². The number of carbonyl (C=O) groups excluding carboxylic acids is 2. The number of anilines is 1. The van der Waals surface area contributed by atoms with Gasteiger partial charge in [0.1, 0.15) is 6.04 Å². The molecule has 128 valence electrons. The van der Waals surface area contributed by atoms with Crippen molar-refractivity contribution in [2.24, 2.45) is 0 Å². The van der Waals surface area contributed by atoms with Crippen LogP contribution in [0.15, 0.2) is 36.4 Å². The number of ether oxygens (including phenoxy) is 1. The molecule has 2 aromatic carbocycles. The van der Waals surface area contributed by atoms with E-state index in [-0.39, 0.29) is 5.91 Å². The number of amides is 1. The first-order chi connectivity index (χ1) is 11.6. The van der Waals surface area contributed by atoms with E-state index < -0.39 is 12.0 Å². The molecule has 0 aliphatic rings. The van der Waals surface area contributed by atoms with Crippen molar-refractivity contribution in [2.45, 2.75) is 38.6 Å². The number of carbonyl (C=O) groups is 2. The summed E-state index contributed by atoms with van der Waals surface area (Å²) in [5.41, 5.74) is 6.78. The molecule has 0 aromatic heterocycles. The fraction of sp³-hybridized carbons (Fsp3) is 0.368. The average Bonchev–Trinajstić information content (AvgIpc) is 2.59. The van der Waals surface area contributed by atoms with E-state index in [2.05, 4.69) is 12.2 Å². The Bertz CT molecular complexity index is 728. The van der Waals surface area contributed by atoms with Gasteiger partial charge in [-0.05, 0) is 29.3 Å². The molecule has 1 atom stereocenters. The van der Waals surface area contributed by atoms with Crippen LogP contribution in [0.4, 0.5) is 5.69 Å². The highest BCUT2D eigenvalue weighted by Gasteiger charge is 2.22. The second-order valence-electron chi connectivity index (χ2n) is 5.83. The van der Waals surface area contributed by atoms with Crippen molar-refractivity contribution in [1.82, 2.24) is 5.32 Å². The molecule has 0 fully saturated rings. The van der Waals surface area contributed by atoms with Gasteiger partial charge < -0.3 is 15.8 Å². The first-order valence-corrected chi connectivity index (χ1v) is 8.23. The van der Waals surface area contributed by atoms with E-state index in [0.29, 0.717) is 17.7 Å². The molecular weight excluding hydrogens is 304 g/mol. The number of methoxy groups -OCH3 is 1. The second-order valence-corrected chi connectivity index (χ2v) is 5.83. The van der Waals surface area contributed by atoms with Crippen molar-refractivity contribution < 1.29 is 14.3 Å². The maximum Gasteiger partial charge on any atom is 0.328 e. The zero-order valence-corrected chi connectivity index (χ0v) is 14.2. The molecule has 0 aliphatic carbocycles. The van der Waals surface area contributed by atoms with Gasteiger partial charge in [0.05, 0.1) is 12.7 Å². The molecule has 1 amide bonds. The Morgan fingerprint density at radius 3 is 2.46 bits per heavy atom. The van der Waals surface area contributed by atoms with Gasteiger partial charge >= 0.3 is 5.97 Å². The summed E-state index contributed by atoms with van der Waals surface area (Å²) in [4.78, 5) is 24.5. The van der Waals surface area contributed by atoms with E-state index in [9.17, 15) is 9.59 Å². The van der Waals surface area contributed by atoms with Crippen LogP contribution in [0.2, 0.25) is 0 Å². The topological polar surface area (TPSA) is 81.4 Å². The molecular formula is C19H24N2O3. The third-order valence-corrected chi connectivity index (χ3v) is 4.05. The van der Waals surface area contributed by atoms with E-state index in [1.807, 2.05) is 24.3 Å². The van der Waals surface area contributed by atoms with E-state index >= 15 is 0 Å². The van der Waals surface area contributed by atoms with Crippen LogP contribution >= 0.6 is 0 Å². The van der Waals surface area contributed by atoms with Crippen molar-refractivity contribution in [1.29, 1.82) is 0 Å². The number of nitrogens with two attached hydrogens (primary N) is 1. The molecule has 2 rings (SSSR count). The zero-order chi connectivity index (χ0) is 17.5. The molecule has 0 saturated heterocycles. The Balaban J connectivity index is 2.19. The number of unbranched alkanes of at least 4 members (excludes halogenated alkanes) is 2. The lowest BCUT2D eigenvalue weighted by Gasteiger charge is -2.17. The summed E-state index contributed by atoms with van der Waals surface area (Å²) < 4.78 is 4.80. The fourth-order valence-corrected chi connectivity index (χ4v) is 2.68. The molecule has 5 heteroatoms. The lowest BCUT2D eigenvalue weighted by molar-refractivity contribution is -0.143. The SMILES string of the molecule is CCCCCC(NC(=O)c1cc2ccccc2cc1N)C(=O)OC. The number of nitrogens with one attached hydrogen (secondary N) is 1. The first-order valence-electron chi connectivity index (χ1n) is 8.23. The predicted octanol–water partition coefficient (Wildman–Crippen LogP) is 3.27. The van der Waals surface area contributed by atoms with Gasteiger partial charge in [-0.1, -0.05) is 50.5 Å². The van der Waals surface area contributed by atoms with Gasteiger partial charge in [0.2, 0.25) is 0 Å². The lowest BCUT2D eigenvalue weighted by atomic mass is 10.0. The Hall–Kier alpha value is -2.56. The smallest absolute Gasteiger partial charge is 0.328 e. The van der Waals surface area contributed by atoms with Crippen LogP contribution in [0.1, 0.15) is 43.0 Å². The standard InChI is InChI=1S/C19H24N2O3/c1-3-4-5-10-17(19(23)24-2)21-18(22)15-11-13-8-6-7-9-14(13)12-16(15)20/h6-9,11-12,17H,3-5,10,20H2,1-2H3,(H,21,22). The maximum absolute atomic E-state index is 12.6. The third kappa shape index (κ3) is 4.25. The van der Waals surface area contributed by atoms with Crippen molar-refractivity contribution in [3.05, 3.63) is 42.0 Å². The molecule has 2 aromatic rings. The van der Waals surface area contributed by atoms with Gasteiger partial charge in [-0.25, -0.2) is 4.79 Å². The molecule has 3 N–H and O–H groups in total. The van der Waals surface area contributed by atoms with E-state index in [4.69, 9.17) is 10.5 Å². The summed E-state index contributed by atoms with van der Waals surface area (Å²) in [7, 11) is 1.33. The lowest BCUT2D eigenvalue weighted by Crippen LogP contribution is -2.41. The summed E-state index contributed by atoms with van der Waals surface area (Å²) in [5.74, 6) is -0.788. The maximum atomic E-state index is 12.6. The highest BCUT2D eigenvalue weighted by Crippen LogP contribution is 2.22. The van der Waals surface area contributed by atoms with Gasteiger partial charge in [0.25, 0.3) is 5.91 Å². The second kappa shape index (κ2) is 8.34. The number of benzene rings is 2. The Morgan fingerprint density at radius 1 is 1.17 bits per heavy atom. The molecule has 0 spiro atoms. The highest BCUT2D eigenvalue weighted by molar-refractivity contribution is 6.05. The average molecular weight is 328 g/mol. The van der Waals surface area contributed by atoms with E-state index in [1.165, 1.54) is 7.11 Å². The Labute approximate surface area is 142 Å². The first kappa shape index (κ1) is 17.8. The number of hydrogen-bond acceptors (Lipinski definition) is 4. The van der Waals surface area contributed by atoms with E-state index in [0.717, 1.165) is 30.0 Å². The Morgan fingerprint density at radius 2 is 1.83 bits per heavy atom. The molecule has 0 bridgehead atoms. The van der Waals surface area contributed by atoms with Crippen LogP contribution in [-0.4, -0.2) is 25.0 Å². The van der Waals surface area contributed by atoms with Crippen molar-refractivity contribution in [3.63, 3.8) is 0 Å². The molecule has 0 saturated carbocycles. The minimum absolute atomic E-state index is 0.356. The Kier molecular flexibility index (Phi) is 6.18. The van der Waals surface area contributed by atoms with Crippen LogP contribution in [0.5, 0.6) is 0 Å². The van der Waals surface area contributed by atoms with Crippen LogP contribution in [-0.2, 0) is 9.53 Å². The fourth-order valence-electron chi connectivity index (χ4n) is 2.68. The number of nitrogen functional groups attached to an aromatic ring is 1. The summed E-state index contributed by atoms with van der Waals surface area (Å²) in [6.07, 6.45) is 3.45. The normalized spacial score (nSPS) is 11.9. The predicted molar refractivity (Wildman–Crippen MR) is 95.8 cm³/mol. The minimum Gasteiger partial charge on any atom is -0.467 e. The molecule has 24 heavy (non-hydrogen) atoms. The highest BCUT2D eigenvalue weighted by atomic mass is 16.5. The summed E-state index contributed by atoms with van der Waals surface area (Å²) >= 11 is 0. The monoisotopic (exact) mass is 328 g/mol. The van der Waals surface area contributed by atoms with Gasteiger partial charge in [-0.3, -0.25) is 4.79 Å². The minimum atomic E-state index is -0.653. The summed E-state index contributed by atoms with van der Waals surface area (Å²) in [5, 5.41) is 4.65. The zero-order valence-electron chi connectivity index (χ0n) is 14.2. The van der Waals surface area contributed by atoms with Crippen LogP contribution < -0.4 is 11.1 Å². The van der Waals surface area contributed by atoms with Crippen LogP contribution in [0.3, 0.4) is 0 Å². The number of rotatable bonds is 7.